The number of aromatic nitrogens is 2. The molecule has 0 unspecified atom stereocenters. The van der Waals surface area contributed by atoms with Crippen molar-refractivity contribution >= 4 is 5.97 Å². The number of aromatic carboxylic acids is 1. The van der Waals surface area contributed by atoms with E-state index in [1.54, 1.807) is 7.05 Å². The van der Waals surface area contributed by atoms with Crippen molar-refractivity contribution in [3.63, 3.8) is 0 Å². The summed E-state index contributed by atoms with van der Waals surface area (Å²) in [5, 5.41) is 12.3. The smallest absolute Gasteiger partial charge is 0.356 e. The number of hydrogen-bond donors (Lipinski definition) is 1. The second kappa shape index (κ2) is 3.25. The molecule has 0 spiro atoms. The fourth-order valence-corrected chi connectivity index (χ4v) is 0.838. The number of carboxylic acids is 1. The highest BCUT2D eigenvalue weighted by molar-refractivity contribution is 5.85. The molecular formula is C7H10N2O3. The first-order chi connectivity index (χ1) is 5.65. The summed E-state index contributed by atoms with van der Waals surface area (Å²) in [6.45, 7) is 2.33. The van der Waals surface area contributed by atoms with Gasteiger partial charge in [-0.2, -0.15) is 5.10 Å². The Hall–Kier alpha value is -1.52. The summed E-state index contributed by atoms with van der Waals surface area (Å²) < 4.78 is 6.50. The van der Waals surface area contributed by atoms with E-state index in [1.165, 1.54) is 10.7 Å². The number of hydrogen-bond acceptors (Lipinski definition) is 3. The highest BCUT2D eigenvalue weighted by atomic mass is 16.5. The number of carboxylic acid groups (broad SMARTS) is 1. The fraction of sp³-hybridized carbons (Fsp3) is 0.429. The standard InChI is InChI=1S/C7H10N2O3/c1-3-12-6-4-5(7(10)11)8-9(6)2/h4H,3H2,1-2H3,(H,10,11). The van der Waals surface area contributed by atoms with E-state index in [1.807, 2.05) is 6.92 Å². The summed E-state index contributed by atoms with van der Waals surface area (Å²) >= 11 is 0. The van der Waals surface area contributed by atoms with E-state index in [9.17, 15) is 4.79 Å². The molecule has 1 aromatic rings. The Bertz CT molecular complexity index is 293. The van der Waals surface area contributed by atoms with Gasteiger partial charge in [0, 0.05) is 13.1 Å². The molecular weight excluding hydrogens is 160 g/mol. The molecule has 0 atom stereocenters. The molecule has 0 aliphatic rings. The van der Waals surface area contributed by atoms with Crippen LogP contribution in [-0.4, -0.2) is 27.5 Å². The number of ether oxygens (including phenoxy) is 1. The van der Waals surface area contributed by atoms with Gasteiger partial charge in [-0.25, -0.2) is 9.48 Å². The van der Waals surface area contributed by atoms with Crippen molar-refractivity contribution in [2.75, 3.05) is 6.61 Å². The SMILES string of the molecule is CCOc1cc(C(=O)O)nn1C. The summed E-state index contributed by atoms with van der Waals surface area (Å²) in [7, 11) is 1.64. The van der Waals surface area contributed by atoms with Gasteiger partial charge in [0.15, 0.2) is 5.69 Å². The monoisotopic (exact) mass is 170 g/mol. The molecule has 5 heteroatoms. The van der Waals surface area contributed by atoms with E-state index in [-0.39, 0.29) is 5.69 Å². The van der Waals surface area contributed by atoms with E-state index in [0.29, 0.717) is 12.5 Å². The van der Waals surface area contributed by atoms with Gasteiger partial charge in [-0.1, -0.05) is 0 Å². The van der Waals surface area contributed by atoms with Crippen LogP contribution in [0.4, 0.5) is 0 Å². The Kier molecular flexibility index (Phi) is 2.32. The minimum absolute atomic E-state index is 0.000880. The molecule has 66 valence electrons. The van der Waals surface area contributed by atoms with Crippen molar-refractivity contribution in [2.24, 2.45) is 7.05 Å². The third-order valence-corrected chi connectivity index (χ3v) is 1.35. The van der Waals surface area contributed by atoms with Gasteiger partial charge in [0.25, 0.3) is 0 Å². The van der Waals surface area contributed by atoms with Crippen molar-refractivity contribution in [1.82, 2.24) is 9.78 Å². The van der Waals surface area contributed by atoms with Crippen LogP contribution in [-0.2, 0) is 7.05 Å². The van der Waals surface area contributed by atoms with Crippen LogP contribution in [0.25, 0.3) is 0 Å². The van der Waals surface area contributed by atoms with E-state index < -0.39 is 5.97 Å². The first-order valence-corrected chi connectivity index (χ1v) is 3.55. The van der Waals surface area contributed by atoms with Crippen molar-refractivity contribution in [1.29, 1.82) is 0 Å². The van der Waals surface area contributed by atoms with Crippen LogP contribution in [0.15, 0.2) is 6.07 Å². The summed E-state index contributed by atoms with van der Waals surface area (Å²) in [6, 6.07) is 1.39. The molecule has 0 bridgehead atoms. The quantitative estimate of drug-likeness (QED) is 0.718. The molecule has 12 heavy (non-hydrogen) atoms. The maximum Gasteiger partial charge on any atom is 0.356 e. The van der Waals surface area contributed by atoms with Crippen molar-refractivity contribution < 1.29 is 14.6 Å². The van der Waals surface area contributed by atoms with E-state index in [4.69, 9.17) is 9.84 Å². The first-order valence-electron chi connectivity index (χ1n) is 3.55. The van der Waals surface area contributed by atoms with Crippen LogP contribution in [0, 0.1) is 0 Å². The van der Waals surface area contributed by atoms with Crippen LogP contribution in [0.5, 0.6) is 5.88 Å². The predicted molar refractivity (Wildman–Crippen MR) is 41.3 cm³/mol. The first kappa shape index (κ1) is 8.58. The second-order valence-corrected chi connectivity index (χ2v) is 2.23. The van der Waals surface area contributed by atoms with E-state index in [0.717, 1.165) is 0 Å². The van der Waals surface area contributed by atoms with Crippen molar-refractivity contribution in [2.45, 2.75) is 6.92 Å². The molecule has 1 heterocycles. The second-order valence-electron chi connectivity index (χ2n) is 2.23. The summed E-state index contributed by atoms with van der Waals surface area (Å²) in [5.41, 5.74) is 0.000880. The average molecular weight is 170 g/mol. The zero-order valence-electron chi connectivity index (χ0n) is 6.94. The van der Waals surface area contributed by atoms with Crippen LogP contribution < -0.4 is 4.74 Å². The minimum atomic E-state index is -1.04. The van der Waals surface area contributed by atoms with Gasteiger partial charge in [-0.15, -0.1) is 0 Å². The molecule has 0 saturated heterocycles. The number of rotatable bonds is 3. The van der Waals surface area contributed by atoms with Gasteiger partial charge in [-0.05, 0) is 6.92 Å². The molecule has 0 aliphatic carbocycles. The third kappa shape index (κ3) is 1.55. The van der Waals surface area contributed by atoms with Gasteiger partial charge >= 0.3 is 5.97 Å². The number of carbonyl (C=O) groups is 1. The summed E-state index contributed by atoms with van der Waals surface area (Å²) in [4.78, 5) is 10.4. The lowest BCUT2D eigenvalue weighted by Gasteiger charge is -1.99. The third-order valence-electron chi connectivity index (χ3n) is 1.35. The van der Waals surface area contributed by atoms with Gasteiger partial charge < -0.3 is 9.84 Å². The number of aryl methyl sites for hydroxylation is 1. The Balaban J connectivity index is 2.92. The van der Waals surface area contributed by atoms with E-state index >= 15 is 0 Å². The lowest BCUT2D eigenvalue weighted by atomic mass is 10.4. The fourth-order valence-electron chi connectivity index (χ4n) is 0.838. The molecule has 1 N–H and O–H groups in total. The molecule has 0 aromatic carbocycles. The van der Waals surface area contributed by atoms with Crippen LogP contribution in [0.2, 0.25) is 0 Å². The van der Waals surface area contributed by atoms with Crippen molar-refractivity contribution in [3.05, 3.63) is 11.8 Å². The maximum atomic E-state index is 10.4. The predicted octanol–water partition coefficient (Wildman–Crippen LogP) is 0.517. The Morgan fingerprint density at radius 2 is 2.50 bits per heavy atom. The Morgan fingerprint density at radius 3 is 2.92 bits per heavy atom. The van der Waals surface area contributed by atoms with Crippen LogP contribution in [0.3, 0.4) is 0 Å². The normalized spacial score (nSPS) is 9.83. The minimum Gasteiger partial charge on any atom is -0.478 e. The molecule has 0 radical (unpaired) electrons. The molecule has 0 saturated carbocycles. The molecule has 0 fully saturated rings. The van der Waals surface area contributed by atoms with Gasteiger partial charge in [0.2, 0.25) is 5.88 Å². The van der Waals surface area contributed by atoms with Gasteiger partial charge in [0.05, 0.1) is 6.61 Å². The highest BCUT2D eigenvalue weighted by Crippen LogP contribution is 2.11. The zero-order valence-corrected chi connectivity index (χ0v) is 6.94. The lowest BCUT2D eigenvalue weighted by molar-refractivity contribution is 0.0689. The van der Waals surface area contributed by atoms with Crippen LogP contribution in [0.1, 0.15) is 17.4 Å². The topological polar surface area (TPSA) is 64.3 Å². The van der Waals surface area contributed by atoms with Gasteiger partial charge in [0.1, 0.15) is 0 Å². The van der Waals surface area contributed by atoms with E-state index in [2.05, 4.69) is 5.10 Å². The average Bonchev–Trinajstić information content (AvgIpc) is 2.34. The molecule has 0 amide bonds. The number of nitrogens with zero attached hydrogens (tertiary/aromatic N) is 2. The van der Waals surface area contributed by atoms with Crippen LogP contribution >= 0.6 is 0 Å². The Morgan fingerprint density at radius 1 is 1.83 bits per heavy atom. The Labute approximate surface area is 69.6 Å². The lowest BCUT2D eigenvalue weighted by Crippen LogP contribution is -2.00. The zero-order chi connectivity index (χ0) is 9.14. The van der Waals surface area contributed by atoms with Gasteiger partial charge in [-0.3, -0.25) is 0 Å². The maximum absolute atomic E-state index is 10.4. The molecule has 1 aromatic heterocycles. The molecule has 5 nitrogen and oxygen atoms in total. The highest BCUT2D eigenvalue weighted by Gasteiger charge is 2.10. The summed E-state index contributed by atoms with van der Waals surface area (Å²) in [5.74, 6) is -0.577. The molecule has 1 rings (SSSR count). The van der Waals surface area contributed by atoms with Crippen molar-refractivity contribution in [3.8, 4) is 5.88 Å². The largest absolute Gasteiger partial charge is 0.478 e. The summed E-state index contributed by atoms with van der Waals surface area (Å²) in [6.07, 6.45) is 0. The molecule has 0 aliphatic heterocycles.